The summed E-state index contributed by atoms with van der Waals surface area (Å²) in [5.74, 6) is -0.359. The lowest BCUT2D eigenvalue weighted by Gasteiger charge is -2.19. The Kier molecular flexibility index (Phi) is 3.23. The molecule has 3 N–H and O–H groups in total. The van der Waals surface area contributed by atoms with E-state index in [0.29, 0.717) is 5.69 Å². The van der Waals surface area contributed by atoms with Crippen molar-refractivity contribution < 1.29 is 4.39 Å². The van der Waals surface area contributed by atoms with Crippen LogP contribution in [0.15, 0.2) is 42.6 Å². The Morgan fingerprint density at radius 2 is 2.06 bits per heavy atom. The summed E-state index contributed by atoms with van der Waals surface area (Å²) in [4.78, 5) is 5.87. The van der Waals surface area contributed by atoms with Crippen molar-refractivity contribution in [3.63, 3.8) is 0 Å². The standard InChI is InChI=1S/C13H13FN4/c1-18(10-4-2-3-9(14)7-10)11-5-6-12(13(15)16)17-8-11/h2-8H,1H3,(H3,15,16). The summed E-state index contributed by atoms with van der Waals surface area (Å²) in [5.41, 5.74) is 7.28. The van der Waals surface area contributed by atoms with Gasteiger partial charge in [0, 0.05) is 12.7 Å². The normalized spacial score (nSPS) is 10.1. The Labute approximate surface area is 104 Å². The minimum Gasteiger partial charge on any atom is -0.382 e. The van der Waals surface area contributed by atoms with Gasteiger partial charge in [-0.05, 0) is 30.3 Å². The molecule has 0 aliphatic carbocycles. The third kappa shape index (κ3) is 2.45. The van der Waals surface area contributed by atoms with Crippen LogP contribution in [0.4, 0.5) is 15.8 Å². The molecule has 92 valence electrons. The highest BCUT2D eigenvalue weighted by atomic mass is 19.1. The fourth-order valence-electron chi connectivity index (χ4n) is 1.58. The predicted octanol–water partition coefficient (Wildman–Crippen LogP) is 2.27. The largest absolute Gasteiger partial charge is 0.382 e. The molecule has 0 bridgehead atoms. The molecular weight excluding hydrogens is 231 g/mol. The van der Waals surface area contributed by atoms with Crippen LogP contribution in [0.3, 0.4) is 0 Å². The Balaban J connectivity index is 2.28. The van der Waals surface area contributed by atoms with E-state index in [9.17, 15) is 4.39 Å². The van der Waals surface area contributed by atoms with Crippen LogP contribution in [0.25, 0.3) is 0 Å². The number of halogens is 1. The molecule has 0 fully saturated rings. The number of nitrogen functional groups attached to an aromatic ring is 1. The molecule has 4 nitrogen and oxygen atoms in total. The summed E-state index contributed by atoms with van der Waals surface area (Å²) in [5, 5.41) is 7.26. The number of pyridine rings is 1. The van der Waals surface area contributed by atoms with Crippen molar-refractivity contribution in [1.82, 2.24) is 4.98 Å². The Hall–Kier alpha value is -2.43. The molecule has 0 aliphatic heterocycles. The van der Waals surface area contributed by atoms with Gasteiger partial charge < -0.3 is 10.6 Å². The highest BCUT2D eigenvalue weighted by molar-refractivity contribution is 5.93. The average Bonchev–Trinajstić information content (AvgIpc) is 2.38. The number of anilines is 2. The van der Waals surface area contributed by atoms with Gasteiger partial charge in [-0.2, -0.15) is 0 Å². The molecule has 1 aromatic carbocycles. The number of nitrogens with zero attached hydrogens (tertiary/aromatic N) is 2. The van der Waals surface area contributed by atoms with Gasteiger partial charge in [0.1, 0.15) is 17.3 Å². The molecule has 1 aromatic heterocycles. The Morgan fingerprint density at radius 3 is 2.61 bits per heavy atom. The van der Waals surface area contributed by atoms with Gasteiger partial charge in [0.25, 0.3) is 0 Å². The zero-order valence-electron chi connectivity index (χ0n) is 9.89. The lowest BCUT2D eigenvalue weighted by Crippen LogP contribution is -2.14. The second-order valence-electron chi connectivity index (χ2n) is 3.85. The van der Waals surface area contributed by atoms with E-state index < -0.39 is 0 Å². The van der Waals surface area contributed by atoms with Gasteiger partial charge in [0.2, 0.25) is 0 Å². The molecule has 0 spiro atoms. The van der Waals surface area contributed by atoms with E-state index in [-0.39, 0.29) is 11.7 Å². The molecular formula is C13H13FN4. The first kappa shape index (κ1) is 12.0. The van der Waals surface area contributed by atoms with Crippen LogP contribution >= 0.6 is 0 Å². The zero-order valence-corrected chi connectivity index (χ0v) is 9.89. The van der Waals surface area contributed by atoms with Crippen LogP contribution in [0.5, 0.6) is 0 Å². The minimum atomic E-state index is -0.285. The van der Waals surface area contributed by atoms with Crippen molar-refractivity contribution in [3.05, 3.63) is 54.1 Å². The maximum Gasteiger partial charge on any atom is 0.141 e. The molecule has 0 atom stereocenters. The molecule has 18 heavy (non-hydrogen) atoms. The lowest BCUT2D eigenvalue weighted by molar-refractivity contribution is 0.628. The molecule has 0 saturated heterocycles. The third-order valence-electron chi connectivity index (χ3n) is 2.61. The number of nitrogens with two attached hydrogens (primary N) is 1. The van der Waals surface area contributed by atoms with Gasteiger partial charge in [-0.15, -0.1) is 0 Å². The maximum absolute atomic E-state index is 13.1. The number of hydrogen-bond donors (Lipinski definition) is 2. The van der Waals surface area contributed by atoms with Crippen molar-refractivity contribution in [1.29, 1.82) is 5.41 Å². The van der Waals surface area contributed by atoms with E-state index in [0.717, 1.165) is 11.4 Å². The zero-order chi connectivity index (χ0) is 13.1. The van der Waals surface area contributed by atoms with Crippen molar-refractivity contribution in [2.24, 2.45) is 5.73 Å². The van der Waals surface area contributed by atoms with Crippen molar-refractivity contribution in [2.75, 3.05) is 11.9 Å². The van der Waals surface area contributed by atoms with Gasteiger partial charge in [0.05, 0.1) is 11.9 Å². The Morgan fingerprint density at radius 1 is 1.28 bits per heavy atom. The summed E-state index contributed by atoms with van der Waals surface area (Å²) in [6.45, 7) is 0. The quantitative estimate of drug-likeness (QED) is 0.643. The summed E-state index contributed by atoms with van der Waals surface area (Å²) in [6.07, 6.45) is 1.60. The number of hydrogen-bond acceptors (Lipinski definition) is 3. The highest BCUT2D eigenvalue weighted by Gasteiger charge is 2.06. The van der Waals surface area contributed by atoms with E-state index in [1.165, 1.54) is 12.1 Å². The molecule has 0 aliphatic rings. The first-order chi connectivity index (χ1) is 8.58. The number of aromatic nitrogens is 1. The summed E-state index contributed by atoms with van der Waals surface area (Å²) in [7, 11) is 1.82. The average molecular weight is 244 g/mol. The van der Waals surface area contributed by atoms with Crippen molar-refractivity contribution >= 4 is 17.2 Å². The fraction of sp³-hybridized carbons (Fsp3) is 0.0769. The van der Waals surface area contributed by atoms with E-state index in [4.69, 9.17) is 11.1 Å². The Bertz CT molecular complexity index is 565. The van der Waals surface area contributed by atoms with Crippen LogP contribution in [0, 0.1) is 11.2 Å². The van der Waals surface area contributed by atoms with Crippen molar-refractivity contribution in [2.45, 2.75) is 0 Å². The second kappa shape index (κ2) is 4.83. The molecule has 0 radical (unpaired) electrons. The monoisotopic (exact) mass is 244 g/mol. The van der Waals surface area contributed by atoms with Crippen LogP contribution in [0.1, 0.15) is 5.69 Å². The van der Waals surface area contributed by atoms with Crippen molar-refractivity contribution in [3.8, 4) is 0 Å². The maximum atomic E-state index is 13.1. The molecule has 0 unspecified atom stereocenters. The number of rotatable bonds is 3. The first-order valence-electron chi connectivity index (χ1n) is 5.37. The highest BCUT2D eigenvalue weighted by Crippen LogP contribution is 2.23. The van der Waals surface area contributed by atoms with E-state index in [1.54, 1.807) is 29.3 Å². The summed E-state index contributed by atoms with van der Waals surface area (Å²) < 4.78 is 13.1. The second-order valence-corrected chi connectivity index (χ2v) is 3.85. The van der Waals surface area contributed by atoms with Gasteiger partial charge in [-0.1, -0.05) is 6.07 Å². The molecule has 0 amide bonds. The SMILES string of the molecule is CN(c1ccc(C(=N)N)nc1)c1cccc(F)c1. The molecule has 2 rings (SSSR count). The van der Waals surface area contributed by atoms with Crippen LogP contribution in [0.2, 0.25) is 0 Å². The fourth-order valence-corrected chi connectivity index (χ4v) is 1.58. The van der Waals surface area contributed by atoms with E-state index in [2.05, 4.69) is 4.98 Å². The molecule has 1 heterocycles. The summed E-state index contributed by atoms with van der Waals surface area (Å²) in [6, 6.07) is 9.75. The minimum absolute atomic E-state index is 0.0741. The number of nitrogens with one attached hydrogen (secondary N) is 1. The lowest BCUT2D eigenvalue weighted by atomic mass is 10.2. The predicted molar refractivity (Wildman–Crippen MR) is 69.7 cm³/mol. The van der Waals surface area contributed by atoms with Crippen LogP contribution < -0.4 is 10.6 Å². The number of amidine groups is 1. The smallest absolute Gasteiger partial charge is 0.141 e. The van der Waals surface area contributed by atoms with Gasteiger partial charge in [-0.3, -0.25) is 10.4 Å². The molecule has 5 heteroatoms. The van der Waals surface area contributed by atoms with Gasteiger partial charge >= 0.3 is 0 Å². The van der Waals surface area contributed by atoms with Crippen LogP contribution in [-0.2, 0) is 0 Å². The third-order valence-corrected chi connectivity index (χ3v) is 2.61. The number of benzene rings is 1. The summed E-state index contributed by atoms with van der Waals surface area (Å²) >= 11 is 0. The first-order valence-corrected chi connectivity index (χ1v) is 5.37. The van der Waals surface area contributed by atoms with Gasteiger partial charge in [0.15, 0.2) is 0 Å². The molecule has 0 saturated carbocycles. The molecule has 2 aromatic rings. The van der Waals surface area contributed by atoms with E-state index >= 15 is 0 Å². The van der Waals surface area contributed by atoms with E-state index in [1.807, 2.05) is 13.1 Å². The van der Waals surface area contributed by atoms with Gasteiger partial charge in [-0.25, -0.2) is 4.39 Å². The van der Waals surface area contributed by atoms with Crippen LogP contribution in [-0.4, -0.2) is 17.9 Å². The topological polar surface area (TPSA) is 66.0 Å².